The van der Waals surface area contributed by atoms with Crippen LogP contribution in [-0.4, -0.2) is 18.4 Å². The number of carbonyl (C=O) groups excluding carboxylic acids is 2. The molecule has 0 unspecified atom stereocenters. The zero-order valence-electron chi connectivity index (χ0n) is 15.0. The molecular formula is C22H26N2O2. The van der Waals surface area contributed by atoms with E-state index in [1.165, 1.54) is 12.0 Å². The molecule has 0 aliphatic heterocycles. The van der Waals surface area contributed by atoms with Crippen LogP contribution in [0.2, 0.25) is 0 Å². The van der Waals surface area contributed by atoms with Crippen molar-refractivity contribution in [2.45, 2.75) is 38.5 Å². The molecule has 0 saturated heterocycles. The van der Waals surface area contributed by atoms with Crippen LogP contribution in [0.5, 0.6) is 0 Å². The minimum absolute atomic E-state index is 0.0916. The summed E-state index contributed by atoms with van der Waals surface area (Å²) < 4.78 is 0. The molecule has 1 aliphatic rings. The van der Waals surface area contributed by atoms with Gasteiger partial charge in [0, 0.05) is 23.7 Å². The van der Waals surface area contributed by atoms with Gasteiger partial charge in [-0.1, -0.05) is 49.6 Å². The van der Waals surface area contributed by atoms with E-state index in [1.807, 2.05) is 18.2 Å². The van der Waals surface area contributed by atoms with Crippen molar-refractivity contribution in [2.75, 3.05) is 11.9 Å². The Kier molecular flexibility index (Phi) is 6.42. The molecular weight excluding hydrogens is 324 g/mol. The van der Waals surface area contributed by atoms with Gasteiger partial charge in [-0.25, -0.2) is 0 Å². The lowest BCUT2D eigenvalue weighted by atomic mass is 9.88. The smallest absolute Gasteiger partial charge is 0.251 e. The maximum absolute atomic E-state index is 12.3. The number of rotatable bonds is 6. The quantitative estimate of drug-likeness (QED) is 0.821. The molecule has 3 rings (SSSR count). The summed E-state index contributed by atoms with van der Waals surface area (Å²) in [7, 11) is 0. The van der Waals surface area contributed by atoms with Gasteiger partial charge in [-0.2, -0.15) is 0 Å². The van der Waals surface area contributed by atoms with Crippen LogP contribution in [0.1, 0.15) is 48.0 Å². The van der Waals surface area contributed by atoms with Crippen LogP contribution in [0, 0.1) is 5.92 Å². The van der Waals surface area contributed by atoms with Crippen LogP contribution in [-0.2, 0) is 11.2 Å². The van der Waals surface area contributed by atoms with Crippen molar-refractivity contribution < 1.29 is 9.59 Å². The van der Waals surface area contributed by atoms with Gasteiger partial charge in [-0.15, -0.1) is 0 Å². The SMILES string of the molecule is O=C(NCCc1ccccc1)c1ccc(NC(=O)C2CCCCC2)cc1. The zero-order valence-corrected chi connectivity index (χ0v) is 15.0. The monoisotopic (exact) mass is 350 g/mol. The highest BCUT2D eigenvalue weighted by atomic mass is 16.2. The lowest BCUT2D eigenvalue weighted by Crippen LogP contribution is -2.26. The van der Waals surface area contributed by atoms with Crippen molar-refractivity contribution in [3.05, 3.63) is 65.7 Å². The molecule has 26 heavy (non-hydrogen) atoms. The average Bonchev–Trinajstić information content (AvgIpc) is 2.70. The van der Waals surface area contributed by atoms with Gasteiger partial charge in [-0.3, -0.25) is 9.59 Å². The highest BCUT2D eigenvalue weighted by Crippen LogP contribution is 2.25. The Balaban J connectivity index is 1.47. The minimum atomic E-state index is -0.0916. The first kappa shape index (κ1) is 18.2. The first-order valence-corrected chi connectivity index (χ1v) is 9.45. The van der Waals surface area contributed by atoms with Gasteiger partial charge in [0.25, 0.3) is 5.91 Å². The second kappa shape index (κ2) is 9.18. The van der Waals surface area contributed by atoms with Crippen molar-refractivity contribution in [3.63, 3.8) is 0 Å². The lowest BCUT2D eigenvalue weighted by molar-refractivity contribution is -0.120. The maximum Gasteiger partial charge on any atom is 0.251 e. The van der Waals surface area contributed by atoms with Crippen LogP contribution in [0.15, 0.2) is 54.6 Å². The fourth-order valence-electron chi connectivity index (χ4n) is 3.38. The Morgan fingerprint density at radius 1 is 0.885 bits per heavy atom. The van der Waals surface area contributed by atoms with E-state index in [9.17, 15) is 9.59 Å². The lowest BCUT2D eigenvalue weighted by Gasteiger charge is -2.20. The number of amides is 2. The van der Waals surface area contributed by atoms with E-state index in [-0.39, 0.29) is 17.7 Å². The zero-order chi connectivity index (χ0) is 18.2. The van der Waals surface area contributed by atoms with Gasteiger partial charge in [0.05, 0.1) is 0 Å². The molecule has 0 spiro atoms. The molecule has 2 aromatic carbocycles. The predicted octanol–water partition coefficient (Wildman–Crippen LogP) is 4.18. The third-order valence-corrected chi connectivity index (χ3v) is 4.93. The Hall–Kier alpha value is -2.62. The molecule has 2 N–H and O–H groups in total. The van der Waals surface area contributed by atoms with Crippen LogP contribution < -0.4 is 10.6 Å². The molecule has 4 nitrogen and oxygen atoms in total. The summed E-state index contributed by atoms with van der Waals surface area (Å²) in [6.45, 7) is 0.600. The topological polar surface area (TPSA) is 58.2 Å². The van der Waals surface area contributed by atoms with E-state index >= 15 is 0 Å². The Morgan fingerprint density at radius 3 is 2.27 bits per heavy atom. The van der Waals surface area contributed by atoms with Crippen molar-refractivity contribution in [3.8, 4) is 0 Å². The van der Waals surface area contributed by atoms with E-state index in [1.54, 1.807) is 24.3 Å². The number of benzene rings is 2. The third-order valence-electron chi connectivity index (χ3n) is 4.93. The fraction of sp³-hybridized carbons (Fsp3) is 0.364. The van der Waals surface area contributed by atoms with Crippen LogP contribution in [0.4, 0.5) is 5.69 Å². The van der Waals surface area contributed by atoms with E-state index in [2.05, 4.69) is 22.8 Å². The van der Waals surface area contributed by atoms with E-state index < -0.39 is 0 Å². The average molecular weight is 350 g/mol. The van der Waals surface area contributed by atoms with Crippen LogP contribution in [0.25, 0.3) is 0 Å². The van der Waals surface area contributed by atoms with Crippen LogP contribution in [0.3, 0.4) is 0 Å². The van der Waals surface area contributed by atoms with E-state index in [4.69, 9.17) is 0 Å². The first-order chi connectivity index (χ1) is 12.7. The summed E-state index contributed by atoms with van der Waals surface area (Å²) in [6, 6.07) is 17.2. The van der Waals surface area contributed by atoms with Gasteiger partial charge in [-0.05, 0) is 49.1 Å². The normalized spacial score (nSPS) is 14.6. The summed E-state index contributed by atoms with van der Waals surface area (Å²) in [5.41, 5.74) is 2.56. The molecule has 4 heteroatoms. The van der Waals surface area contributed by atoms with E-state index in [0.717, 1.165) is 37.8 Å². The second-order valence-corrected chi connectivity index (χ2v) is 6.89. The fourth-order valence-corrected chi connectivity index (χ4v) is 3.38. The summed E-state index contributed by atoms with van der Waals surface area (Å²) in [4.78, 5) is 24.5. The van der Waals surface area contributed by atoms with Gasteiger partial charge < -0.3 is 10.6 Å². The Bertz CT molecular complexity index is 720. The van der Waals surface area contributed by atoms with Crippen molar-refractivity contribution in [1.29, 1.82) is 0 Å². The molecule has 1 fully saturated rings. The number of hydrogen-bond donors (Lipinski definition) is 2. The largest absolute Gasteiger partial charge is 0.352 e. The first-order valence-electron chi connectivity index (χ1n) is 9.45. The molecule has 0 atom stereocenters. The molecule has 0 heterocycles. The molecule has 2 aromatic rings. The van der Waals surface area contributed by atoms with Gasteiger partial charge in [0.2, 0.25) is 5.91 Å². The molecule has 0 bridgehead atoms. The molecule has 1 aliphatic carbocycles. The van der Waals surface area contributed by atoms with Gasteiger partial charge in [0.1, 0.15) is 0 Å². The Morgan fingerprint density at radius 2 is 1.58 bits per heavy atom. The maximum atomic E-state index is 12.3. The number of carbonyl (C=O) groups is 2. The number of nitrogens with one attached hydrogen (secondary N) is 2. The molecule has 1 saturated carbocycles. The number of anilines is 1. The van der Waals surface area contributed by atoms with Crippen molar-refractivity contribution in [1.82, 2.24) is 5.32 Å². The molecule has 0 aromatic heterocycles. The summed E-state index contributed by atoms with van der Waals surface area (Å²) in [5.74, 6) is 0.139. The van der Waals surface area contributed by atoms with E-state index in [0.29, 0.717) is 12.1 Å². The summed E-state index contributed by atoms with van der Waals surface area (Å²) in [6.07, 6.45) is 6.28. The summed E-state index contributed by atoms with van der Waals surface area (Å²) in [5, 5.41) is 5.90. The number of hydrogen-bond acceptors (Lipinski definition) is 2. The van der Waals surface area contributed by atoms with Gasteiger partial charge in [0.15, 0.2) is 0 Å². The van der Waals surface area contributed by atoms with Crippen molar-refractivity contribution >= 4 is 17.5 Å². The highest BCUT2D eigenvalue weighted by Gasteiger charge is 2.21. The van der Waals surface area contributed by atoms with Gasteiger partial charge >= 0.3 is 0 Å². The third kappa shape index (κ3) is 5.19. The minimum Gasteiger partial charge on any atom is -0.352 e. The van der Waals surface area contributed by atoms with Crippen molar-refractivity contribution in [2.24, 2.45) is 5.92 Å². The molecule has 0 radical (unpaired) electrons. The highest BCUT2D eigenvalue weighted by molar-refractivity contribution is 5.96. The molecule has 2 amide bonds. The standard InChI is InChI=1S/C22H26N2O2/c25-21(23-16-15-17-7-3-1-4-8-17)19-11-13-20(14-12-19)24-22(26)18-9-5-2-6-10-18/h1,3-4,7-8,11-14,18H,2,5-6,9-10,15-16H2,(H,23,25)(H,24,26). The Labute approximate surface area is 155 Å². The molecule has 136 valence electrons. The summed E-state index contributed by atoms with van der Waals surface area (Å²) >= 11 is 0. The van der Waals surface area contributed by atoms with Crippen LogP contribution >= 0.6 is 0 Å². The predicted molar refractivity (Wildman–Crippen MR) is 104 cm³/mol. The second-order valence-electron chi connectivity index (χ2n) is 6.89.